The molecular formula is C19H23N3O3. The number of anilines is 2. The van der Waals surface area contributed by atoms with Crippen LogP contribution in [0.4, 0.5) is 11.4 Å². The largest absolute Gasteiger partial charge is 0.480 e. The van der Waals surface area contributed by atoms with Crippen LogP contribution in [-0.2, 0) is 4.74 Å². The molecule has 1 aliphatic rings. The number of carbonyl (C=O) groups is 1. The van der Waals surface area contributed by atoms with Crippen LogP contribution in [0.5, 0.6) is 5.88 Å². The molecule has 1 saturated heterocycles. The van der Waals surface area contributed by atoms with Crippen molar-refractivity contribution in [3.8, 4) is 5.88 Å². The number of nitrogens with one attached hydrogen (secondary N) is 1. The van der Waals surface area contributed by atoms with Crippen molar-refractivity contribution < 1.29 is 14.3 Å². The highest BCUT2D eigenvalue weighted by molar-refractivity contribution is 6.05. The zero-order valence-electron chi connectivity index (χ0n) is 14.6. The summed E-state index contributed by atoms with van der Waals surface area (Å²) in [5.41, 5.74) is 2.31. The second-order valence-corrected chi connectivity index (χ2v) is 5.98. The zero-order valence-corrected chi connectivity index (χ0v) is 14.6. The molecule has 2 heterocycles. The summed E-state index contributed by atoms with van der Waals surface area (Å²) in [4.78, 5) is 18.8. The van der Waals surface area contributed by atoms with Gasteiger partial charge in [0.2, 0.25) is 5.88 Å². The van der Waals surface area contributed by atoms with Crippen LogP contribution < -0.4 is 15.0 Å². The highest BCUT2D eigenvalue weighted by atomic mass is 16.5. The number of ether oxygens (including phenoxy) is 2. The molecule has 1 fully saturated rings. The third-order valence-electron chi connectivity index (χ3n) is 4.47. The third-order valence-corrected chi connectivity index (χ3v) is 4.47. The molecule has 0 atom stereocenters. The normalized spacial score (nSPS) is 15.0. The molecule has 25 heavy (non-hydrogen) atoms. The summed E-state index contributed by atoms with van der Waals surface area (Å²) >= 11 is 0. The molecule has 6 nitrogen and oxygen atoms in total. The van der Waals surface area contributed by atoms with Gasteiger partial charge in [-0.3, -0.25) is 4.79 Å². The Hall–Kier alpha value is -2.60. The van der Waals surface area contributed by atoms with Crippen LogP contribution in [0.15, 0.2) is 42.6 Å². The summed E-state index contributed by atoms with van der Waals surface area (Å²) < 4.78 is 10.5. The number of benzene rings is 1. The summed E-state index contributed by atoms with van der Waals surface area (Å²) in [6.45, 7) is 1.97. The van der Waals surface area contributed by atoms with Gasteiger partial charge in [0, 0.05) is 37.8 Å². The fraction of sp³-hybridized carbons (Fsp3) is 0.368. The molecule has 0 saturated carbocycles. The molecular weight excluding hydrogens is 318 g/mol. The van der Waals surface area contributed by atoms with Gasteiger partial charge in [-0.2, -0.15) is 0 Å². The van der Waals surface area contributed by atoms with E-state index in [4.69, 9.17) is 9.47 Å². The molecule has 0 unspecified atom stereocenters. The average Bonchev–Trinajstić information content (AvgIpc) is 2.68. The molecule has 0 bridgehead atoms. The predicted molar refractivity (Wildman–Crippen MR) is 97.4 cm³/mol. The Balaban J connectivity index is 1.64. The number of carbonyl (C=O) groups excluding carboxylic acids is 1. The summed E-state index contributed by atoms with van der Waals surface area (Å²) in [6, 6.07) is 11.3. The van der Waals surface area contributed by atoms with Gasteiger partial charge in [0.25, 0.3) is 5.91 Å². The maximum atomic E-state index is 12.4. The molecule has 1 N–H and O–H groups in total. The van der Waals surface area contributed by atoms with Crippen molar-refractivity contribution in [2.45, 2.75) is 18.9 Å². The van der Waals surface area contributed by atoms with Crippen LogP contribution in [0.25, 0.3) is 0 Å². The van der Waals surface area contributed by atoms with Gasteiger partial charge in [-0.25, -0.2) is 4.98 Å². The molecule has 132 valence electrons. The molecule has 0 radical (unpaired) electrons. The Labute approximate surface area is 147 Å². The second kappa shape index (κ2) is 7.98. The lowest BCUT2D eigenvalue weighted by Crippen LogP contribution is -2.36. The second-order valence-electron chi connectivity index (χ2n) is 5.98. The summed E-state index contributed by atoms with van der Waals surface area (Å²) in [6.07, 6.45) is 4.03. The highest BCUT2D eigenvalue weighted by Gasteiger charge is 2.19. The first-order valence-electron chi connectivity index (χ1n) is 8.39. The van der Waals surface area contributed by atoms with Crippen LogP contribution >= 0.6 is 0 Å². The smallest absolute Gasteiger partial charge is 0.261 e. The van der Waals surface area contributed by atoms with Gasteiger partial charge < -0.3 is 19.7 Å². The van der Waals surface area contributed by atoms with E-state index in [1.54, 1.807) is 25.4 Å². The number of hydrogen-bond acceptors (Lipinski definition) is 5. The lowest BCUT2D eigenvalue weighted by atomic mass is 10.1. The van der Waals surface area contributed by atoms with Crippen molar-refractivity contribution in [3.05, 3.63) is 48.2 Å². The van der Waals surface area contributed by atoms with E-state index in [0.717, 1.165) is 37.3 Å². The van der Waals surface area contributed by atoms with E-state index in [-0.39, 0.29) is 5.91 Å². The number of hydrogen-bond donors (Lipinski definition) is 1. The van der Waals surface area contributed by atoms with Gasteiger partial charge in [0.15, 0.2) is 0 Å². The van der Waals surface area contributed by atoms with Crippen molar-refractivity contribution in [2.24, 2.45) is 0 Å². The van der Waals surface area contributed by atoms with E-state index in [9.17, 15) is 4.79 Å². The minimum Gasteiger partial charge on any atom is -0.480 e. The Morgan fingerprint density at radius 2 is 1.88 bits per heavy atom. The number of amides is 1. The standard InChI is InChI=1S/C19H23N3O3/c1-24-16-9-12-22(13-10-16)15-7-5-14(6-8-15)21-18(23)17-4-3-11-20-19(17)25-2/h3-8,11,16H,9-10,12-13H2,1-2H3,(H,21,23). The number of pyridine rings is 1. The van der Waals surface area contributed by atoms with E-state index >= 15 is 0 Å². The van der Waals surface area contributed by atoms with Crippen LogP contribution in [0, 0.1) is 0 Å². The van der Waals surface area contributed by atoms with Crippen LogP contribution in [0.3, 0.4) is 0 Å². The van der Waals surface area contributed by atoms with E-state index in [0.29, 0.717) is 17.5 Å². The first-order valence-corrected chi connectivity index (χ1v) is 8.39. The van der Waals surface area contributed by atoms with Gasteiger partial charge in [-0.05, 0) is 49.2 Å². The van der Waals surface area contributed by atoms with Crippen molar-refractivity contribution >= 4 is 17.3 Å². The SMILES string of the molecule is COc1ncccc1C(=O)Nc1ccc(N2CCC(OC)CC2)cc1. The van der Waals surface area contributed by atoms with E-state index in [1.807, 2.05) is 24.3 Å². The van der Waals surface area contributed by atoms with E-state index in [2.05, 4.69) is 15.2 Å². The van der Waals surface area contributed by atoms with Crippen molar-refractivity contribution in [1.29, 1.82) is 0 Å². The summed E-state index contributed by atoms with van der Waals surface area (Å²) in [5.74, 6) is 0.0799. The molecule has 0 aliphatic carbocycles. The molecule has 1 aromatic heterocycles. The molecule has 1 aromatic carbocycles. The number of aromatic nitrogens is 1. The Morgan fingerprint density at radius 1 is 1.16 bits per heavy atom. The molecule has 3 rings (SSSR count). The molecule has 2 aromatic rings. The number of methoxy groups -OCH3 is 2. The Morgan fingerprint density at radius 3 is 2.52 bits per heavy atom. The quantitative estimate of drug-likeness (QED) is 0.906. The summed E-state index contributed by atoms with van der Waals surface area (Å²) in [5, 5.41) is 2.88. The third kappa shape index (κ3) is 4.09. The zero-order chi connectivity index (χ0) is 17.6. The van der Waals surface area contributed by atoms with Gasteiger partial charge >= 0.3 is 0 Å². The number of rotatable bonds is 5. The lowest BCUT2D eigenvalue weighted by Gasteiger charge is -2.33. The highest BCUT2D eigenvalue weighted by Crippen LogP contribution is 2.23. The molecule has 1 amide bonds. The molecule has 6 heteroatoms. The Bertz CT molecular complexity index is 710. The van der Waals surface area contributed by atoms with Gasteiger partial charge in [-0.1, -0.05) is 0 Å². The van der Waals surface area contributed by atoms with Crippen LogP contribution in [0.2, 0.25) is 0 Å². The first-order chi connectivity index (χ1) is 12.2. The molecule has 1 aliphatic heterocycles. The van der Waals surface area contributed by atoms with Crippen LogP contribution in [0.1, 0.15) is 23.2 Å². The van der Waals surface area contributed by atoms with Crippen molar-refractivity contribution in [2.75, 3.05) is 37.5 Å². The van der Waals surface area contributed by atoms with Gasteiger partial charge in [-0.15, -0.1) is 0 Å². The van der Waals surface area contributed by atoms with Gasteiger partial charge in [0.05, 0.1) is 13.2 Å². The summed E-state index contributed by atoms with van der Waals surface area (Å²) in [7, 11) is 3.27. The lowest BCUT2D eigenvalue weighted by molar-refractivity contribution is 0.0819. The molecule has 0 spiro atoms. The Kier molecular flexibility index (Phi) is 5.50. The fourth-order valence-electron chi connectivity index (χ4n) is 3.03. The van der Waals surface area contributed by atoms with Gasteiger partial charge in [0.1, 0.15) is 5.56 Å². The number of nitrogens with zero attached hydrogens (tertiary/aromatic N) is 2. The van der Waals surface area contributed by atoms with E-state index in [1.165, 1.54) is 7.11 Å². The predicted octanol–water partition coefficient (Wildman–Crippen LogP) is 2.96. The van der Waals surface area contributed by atoms with Crippen molar-refractivity contribution in [3.63, 3.8) is 0 Å². The number of piperidine rings is 1. The maximum Gasteiger partial charge on any atom is 0.261 e. The minimum absolute atomic E-state index is 0.237. The fourth-order valence-corrected chi connectivity index (χ4v) is 3.03. The minimum atomic E-state index is -0.237. The first kappa shape index (κ1) is 17.2. The van der Waals surface area contributed by atoms with Crippen molar-refractivity contribution in [1.82, 2.24) is 4.98 Å². The topological polar surface area (TPSA) is 63.7 Å². The average molecular weight is 341 g/mol. The van der Waals surface area contributed by atoms with E-state index < -0.39 is 0 Å². The monoisotopic (exact) mass is 341 g/mol. The van der Waals surface area contributed by atoms with Crippen LogP contribution in [-0.4, -0.2) is 44.3 Å². The maximum absolute atomic E-state index is 12.4.